The van der Waals surface area contributed by atoms with Crippen LogP contribution in [0.3, 0.4) is 0 Å². The normalized spacial score (nSPS) is 17.8. The minimum Gasteiger partial charge on any atom is -0.460 e. The summed E-state index contributed by atoms with van der Waals surface area (Å²) >= 11 is 3.39. The van der Waals surface area contributed by atoms with E-state index in [1.54, 1.807) is 14.0 Å². The number of hydrogen-bond donors (Lipinski definition) is 1. The van der Waals surface area contributed by atoms with Crippen LogP contribution in [0.4, 0.5) is 4.79 Å². The Morgan fingerprint density at radius 1 is 1.29 bits per heavy atom. The van der Waals surface area contributed by atoms with E-state index in [9.17, 15) is 9.59 Å². The molecule has 2 amide bonds. The van der Waals surface area contributed by atoms with Crippen molar-refractivity contribution < 1.29 is 19.1 Å². The molecule has 130 valence electrons. The molecule has 1 aromatic carbocycles. The summed E-state index contributed by atoms with van der Waals surface area (Å²) in [5, 5.41) is 2.89. The third kappa shape index (κ3) is 3.96. The number of ether oxygens (including phenoxy) is 2. The Labute approximate surface area is 149 Å². The van der Waals surface area contributed by atoms with Crippen LogP contribution in [0, 0.1) is 0 Å². The monoisotopic (exact) mass is 396 g/mol. The van der Waals surface area contributed by atoms with Crippen molar-refractivity contribution in [1.29, 1.82) is 0 Å². The second-order valence-electron chi connectivity index (χ2n) is 5.31. The molecular weight excluding hydrogens is 376 g/mol. The molecule has 1 heterocycles. The van der Waals surface area contributed by atoms with E-state index >= 15 is 0 Å². The molecule has 0 fully saturated rings. The molecule has 1 atom stereocenters. The second-order valence-corrected chi connectivity index (χ2v) is 6.22. The van der Waals surface area contributed by atoms with Crippen LogP contribution in [-0.2, 0) is 14.3 Å². The Balaban J connectivity index is 2.39. The average molecular weight is 397 g/mol. The standard InChI is InChI=1S/C17H21BrN2O4/c1-4-20-11(2)14(16(21)24-10-9-23-3)15(19-17(20)22)12-5-7-13(18)8-6-12/h5-8,15H,4,9-10H2,1-3H3,(H,19,22)/t15-/m0/s1. The lowest BCUT2D eigenvalue weighted by molar-refractivity contribution is -0.140. The van der Waals surface area contributed by atoms with Crippen molar-refractivity contribution in [3.8, 4) is 0 Å². The Morgan fingerprint density at radius 2 is 1.96 bits per heavy atom. The number of methoxy groups -OCH3 is 1. The van der Waals surface area contributed by atoms with E-state index in [2.05, 4.69) is 21.2 Å². The molecule has 7 heteroatoms. The van der Waals surface area contributed by atoms with Gasteiger partial charge in [-0.3, -0.25) is 4.90 Å². The Bertz CT molecular complexity index is 642. The van der Waals surface area contributed by atoms with Crippen LogP contribution in [0.2, 0.25) is 0 Å². The number of nitrogens with one attached hydrogen (secondary N) is 1. The molecule has 0 radical (unpaired) electrons. The Hall–Kier alpha value is -1.86. The summed E-state index contributed by atoms with van der Waals surface area (Å²) in [5.74, 6) is -0.448. The van der Waals surface area contributed by atoms with Crippen molar-refractivity contribution in [1.82, 2.24) is 10.2 Å². The Morgan fingerprint density at radius 3 is 2.54 bits per heavy atom. The number of urea groups is 1. The molecule has 24 heavy (non-hydrogen) atoms. The number of esters is 1. The maximum atomic E-state index is 12.6. The number of rotatable bonds is 6. The number of hydrogen-bond acceptors (Lipinski definition) is 4. The van der Waals surface area contributed by atoms with Crippen LogP contribution in [-0.4, -0.2) is 43.8 Å². The number of carbonyl (C=O) groups is 2. The minimum atomic E-state index is -0.538. The van der Waals surface area contributed by atoms with Gasteiger partial charge in [-0.25, -0.2) is 9.59 Å². The summed E-state index contributed by atoms with van der Waals surface area (Å²) in [4.78, 5) is 26.4. The maximum absolute atomic E-state index is 12.6. The quantitative estimate of drug-likeness (QED) is 0.592. The fourth-order valence-corrected chi connectivity index (χ4v) is 2.89. The first kappa shape index (κ1) is 18.5. The maximum Gasteiger partial charge on any atom is 0.338 e. The van der Waals surface area contributed by atoms with Gasteiger partial charge >= 0.3 is 12.0 Å². The smallest absolute Gasteiger partial charge is 0.338 e. The minimum absolute atomic E-state index is 0.166. The van der Waals surface area contributed by atoms with Gasteiger partial charge in [-0.15, -0.1) is 0 Å². The lowest BCUT2D eigenvalue weighted by Gasteiger charge is -2.34. The molecule has 0 bridgehead atoms. The SMILES string of the molecule is CCN1C(=O)N[C@@H](c2ccc(Br)cc2)C(C(=O)OCCOC)=C1C. The van der Waals surface area contributed by atoms with E-state index in [0.29, 0.717) is 24.4 Å². The van der Waals surface area contributed by atoms with Crippen molar-refractivity contribution in [3.05, 3.63) is 45.6 Å². The highest BCUT2D eigenvalue weighted by Crippen LogP contribution is 2.31. The molecule has 0 aliphatic carbocycles. The number of halogens is 1. The van der Waals surface area contributed by atoms with Gasteiger partial charge in [-0.1, -0.05) is 28.1 Å². The zero-order valence-corrected chi connectivity index (χ0v) is 15.6. The molecular formula is C17H21BrN2O4. The van der Waals surface area contributed by atoms with Crippen LogP contribution < -0.4 is 5.32 Å². The van der Waals surface area contributed by atoms with Gasteiger partial charge in [0.05, 0.1) is 18.2 Å². The van der Waals surface area contributed by atoms with Crippen LogP contribution >= 0.6 is 15.9 Å². The predicted molar refractivity (Wildman–Crippen MR) is 93.3 cm³/mol. The van der Waals surface area contributed by atoms with Crippen LogP contribution in [0.15, 0.2) is 40.0 Å². The zero-order chi connectivity index (χ0) is 17.7. The van der Waals surface area contributed by atoms with Crippen LogP contribution in [0.5, 0.6) is 0 Å². The highest BCUT2D eigenvalue weighted by molar-refractivity contribution is 9.10. The number of amides is 2. The summed E-state index contributed by atoms with van der Waals surface area (Å²) in [7, 11) is 1.54. The summed E-state index contributed by atoms with van der Waals surface area (Å²) in [6.07, 6.45) is 0. The van der Waals surface area contributed by atoms with Gasteiger partial charge in [0.25, 0.3) is 0 Å². The third-order valence-corrected chi connectivity index (χ3v) is 4.39. The van der Waals surface area contributed by atoms with Crippen molar-refractivity contribution in [2.45, 2.75) is 19.9 Å². The van der Waals surface area contributed by atoms with Gasteiger partial charge in [0.15, 0.2) is 0 Å². The number of carbonyl (C=O) groups excluding carboxylic acids is 2. The highest BCUT2D eigenvalue weighted by Gasteiger charge is 2.35. The molecule has 0 spiro atoms. The second kappa shape index (κ2) is 8.30. The fraction of sp³-hybridized carbons (Fsp3) is 0.412. The lowest BCUT2D eigenvalue weighted by atomic mass is 9.95. The highest BCUT2D eigenvalue weighted by atomic mass is 79.9. The molecule has 0 saturated carbocycles. The first-order chi connectivity index (χ1) is 11.5. The first-order valence-electron chi connectivity index (χ1n) is 7.69. The van der Waals surface area contributed by atoms with Crippen molar-refractivity contribution in [2.75, 3.05) is 26.9 Å². The van der Waals surface area contributed by atoms with E-state index < -0.39 is 12.0 Å². The topological polar surface area (TPSA) is 67.9 Å². The summed E-state index contributed by atoms with van der Waals surface area (Å²) in [6.45, 7) is 4.58. The first-order valence-corrected chi connectivity index (χ1v) is 8.49. The summed E-state index contributed by atoms with van der Waals surface area (Å²) < 4.78 is 11.1. The lowest BCUT2D eigenvalue weighted by Crippen LogP contribution is -2.47. The number of benzene rings is 1. The molecule has 2 rings (SSSR count). The third-order valence-electron chi connectivity index (χ3n) is 3.86. The van der Waals surface area contributed by atoms with Gasteiger partial charge in [-0.05, 0) is 31.5 Å². The van der Waals surface area contributed by atoms with Crippen LogP contribution in [0.25, 0.3) is 0 Å². The average Bonchev–Trinajstić information content (AvgIpc) is 2.55. The van der Waals surface area contributed by atoms with Crippen molar-refractivity contribution in [2.24, 2.45) is 0 Å². The summed E-state index contributed by atoms with van der Waals surface area (Å²) in [6, 6.07) is 6.71. The molecule has 0 unspecified atom stereocenters. The zero-order valence-electron chi connectivity index (χ0n) is 14.0. The molecule has 1 aliphatic heterocycles. The van der Waals surface area contributed by atoms with Gasteiger partial charge in [0.2, 0.25) is 0 Å². The van der Waals surface area contributed by atoms with Gasteiger partial charge in [0, 0.05) is 23.8 Å². The van der Waals surface area contributed by atoms with Crippen molar-refractivity contribution in [3.63, 3.8) is 0 Å². The van der Waals surface area contributed by atoms with Gasteiger partial charge in [-0.2, -0.15) is 0 Å². The number of allylic oxidation sites excluding steroid dienone is 1. The van der Waals surface area contributed by atoms with E-state index in [4.69, 9.17) is 9.47 Å². The molecule has 0 saturated heterocycles. The largest absolute Gasteiger partial charge is 0.460 e. The Kier molecular flexibility index (Phi) is 6.39. The van der Waals surface area contributed by atoms with Crippen molar-refractivity contribution >= 4 is 27.9 Å². The van der Waals surface area contributed by atoms with E-state index in [1.165, 1.54) is 4.90 Å². The van der Waals surface area contributed by atoms with Gasteiger partial charge in [0.1, 0.15) is 6.61 Å². The van der Waals surface area contributed by atoms with Crippen LogP contribution in [0.1, 0.15) is 25.5 Å². The number of nitrogens with zero attached hydrogens (tertiary/aromatic N) is 1. The molecule has 6 nitrogen and oxygen atoms in total. The molecule has 1 aromatic rings. The van der Waals surface area contributed by atoms with E-state index in [0.717, 1.165) is 10.0 Å². The fourth-order valence-electron chi connectivity index (χ4n) is 2.63. The molecule has 1 N–H and O–H groups in total. The van der Waals surface area contributed by atoms with E-state index in [-0.39, 0.29) is 12.6 Å². The van der Waals surface area contributed by atoms with Gasteiger partial charge < -0.3 is 14.8 Å². The summed E-state index contributed by atoms with van der Waals surface area (Å²) in [5.41, 5.74) is 1.87. The van der Waals surface area contributed by atoms with E-state index in [1.807, 2.05) is 31.2 Å². The molecule has 1 aliphatic rings. The predicted octanol–water partition coefficient (Wildman–Crippen LogP) is 3.00. The molecule has 0 aromatic heterocycles.